The van der Waals surface area contributed by atoms with Gasteiger partial charge in [-0.1, -0.05) is 91.0 Å². The van der Waals surface area contributed by atoms with Gasteiger partial charge in [-0.25, -0.2) is 0 Å². The molecule has 3 aromatic carbocycles. The number of hydrogen-bond donors (Lipinski definition) is 1. The molecule has 31 heavy (non-hydrogen) atoms. The molecule has 1 unspecified atom stereocenters. The molecule has 1 fully saturated rings. The molecule has 1 aliphatic rings. The molecule has 5 nitrogen and oxygen atoms in total. The van der Waals surface area contributed by atoms with Gasteiger partial charge in [-0.15, -0.1) is 0 Å². The molecule has 0 saturated carbocycles. The Balaban J connectivity index is 1.39. The number of aliphatic hydroxyl groups is 1. The molecule has 0 amide bonds. The normalized spacial score (nSPS) is 23.1. The van der Waals surface area contributed by atoms with Gasteiger partial charge in [0.2, 0.25) is 0 Å². The maximum absolute atomic E-state index is 10.5. The molecule has 4 rings (SSSR count). The van der Waals surface area contributed by atoms with Crippen LogP contribution >= 0.6 is 0 Å². The third kappa shape index (κ3) is 6.23. The molecule has 0 aromatic heterocycles. The first-order chi connectivity index (χ1) is 15.3. The van der Waals surface area contributed by atoms with Gasteiger partial charge in [0, 0.05) is 0 Å². The molecule has 1 saturated heterocycles. The van der Waals surface area contributed by atoms with Gasteiger partial charge in [-0.05, 0) is 16.7 Å². The summed E-state index contributed by atoms with van der Waals surface area (Å²) < 4.78 is 23.9. The molecule has 0 radical (unpaired) electrons. The van der Waals surface area contributed by atoms with Gasteiger partial charge in [0.05, 0.1) is 26.4 Å². The highest BCUT2D eigenvalue weighted by Gasteiger charge is 2.45. The summed E-state index contributed by atoms with van der Waals surface area (Å²) >= 11 is 0. The Morgan fingerprint density at radius 2 is 1.06 bits per heavy atom. The smallest absolute Gasteiger partial charge is 0.184 e. The summed E-state index contributed by atoms with van der Waals surface area (Å²) in [6.07, 6.45) is -2.55. The first-order valence-corrected chi connectivity index (χ1v) is 10.6. The number of ether oxygens (including phenoxy) is 4. The van der Waals surface area contributed by atoms with Gasteiger partial charge in [0.1, 0.15) is 18.3 Å². The molecule has 3 aromatic rings. The predicted molar refractivity (Wildman–Crippen MR) is 117 cm³/mol. The first kappa shape index (κ1) is 21.7. The van der Waals surface area contributed by atoms with Crippen molar-refractivity contribution in [2.75, 3.05) is 6.61 Å². The van der Waals surface area contributed by atoms with Crippen molar-refractivity contribution < 1.29 is 24.1 Å². The molecule has 1 heterocycles. The average molecular weight is 421 g/mol. The molecular formula is C26H28O5. The van der Waals surface area contributed by atoms with Crippen LogP contribution < -0.4 is 0 Å². The Kier molecular flexibility index (Phi) is 7.82. The summed E-state index contributed by atoms with van der Waals surface area (Å²) in [7, 11) is 0. The van der Waals surface area contributed by atoms with Crippen LogP contribution in [0.3, 0.4) is 0 Å². The van der Waals surface area contributed by atoms with Crippen LogP contribution in [0.4, 0.5) is 0 Å². The van der Waals surface area contributed by atoms with E-state index in [1.165, 1.54) is 0 Å². The molecule has 0 bridgehead atoms. The largest absolute Gasteiger partial charge is 0.374 e. The van der Waals surface area contributed by atoms with E-state index in [1.54, 1.807) is 0 Å². The lowest BCUT2D eigenvalue weighted by Crippen LogP contribution is -2.39. The van der Waals surface area contributed by atoms with Gasteiger partial charge in [0.15, 0.2) is 6.29 Å². The second kappa shape index (κ2) is 11.2. The molecule has 4 atom stereocenters. The van der Waals surface area contributed by atoms with E-state index in [0.717, 1.165) is 16.7 Å². The summed E-state index contributed by atoms with van der Waals surface area (Å²) in [6.45, 7) is 1.55. The zero-order valence-corrected chi connectivity index (χ0v) is 17.4. The minimum atomic E-state index is -1.07. The van der Waals surface area contributed by atoms with E-state index in [1.807, 2.05) is 91.0 Å². The number of aliphatic hydroxyl groups excluding tert-OH is 1. The lowest BCUT2D eigenvalue weighted by atomic mass is 10.1. The average Bonchev–Trinajstić information content (AvgIpc) is 3.12. The highest BCUT2D eigenvalue weighted by Crippen LogP contribution is 2.28. The molecule has 0 spiro atoms. The van der Waals surface area contributed by atoms with Crippen molar-refractivity contribution in [2.24, 2.45) is 0 Å². The molecule has 5 heteroatoms. The minimum Gasteiger partial charge on any atom is -0.374 e. The van der Waals surface area contributed by atoms with Crippen molar-refractivity contribution in [3.63, 3.8) is 0 Å². The van der Waals surface area contributed by atoms with Crippen molar-refractivity contribution >= 4 is 0 Å². The Morgan fingerprint density at radius 3 is 1.58 bits per heavy atom. The second-order valence-electron chi connectivity index (χ2n) is 7.59. The lowest BCUT2D eigenvalue weighted by molar-refractivity contribution is -0.153. The van der Waals surface area contributed by atoms with Gasteiger partial charge in [-0.2, -0.15) is 0 Å². The van der Waals surface area contributed by atoms with E-state index >= 15 is 0 Å². The highest BCUT2D eigenvalue weighted by atomic mass is 16.7. The topological polar surface area (TPSA) is 57.2 Å². The highest BCUT2D eigenvalue weighted by molar-refractivity contribution is 5.15. The summed E-state index contributed by atoms with van der Waals surface area (Å²) in [5.41, 5.74) is 3.16. The van der Waals surface area contributed by atoms with E-state index in [9.17, 15) is 5.11 Å². The monoisotopic (exact) mass is 420 g/mol. The standard InChI is InChI=1S/C26H28O5/c27-26-25(30-18-22-14-8-3-9-15-22)24(29-17-21-12-6-2-7-13-21)23(31-26)19-28-16-20-10-4-1-5-11-20/h1-15,23-27H,16-19H2/t23-,24?,25+,26-/m1/s1. The summed E-state index contributed by atoms with van der Waals surface area (Å²) in [5.74, 6) is 0. The van der Waals surface area contributed by atoms with Crippen molar-refractivity contribution in [3.05, 3.63) is 108 Å². The van der Waals surface area contributed by atoms with Gasteiger partial charge in [0.25, 0.3) is 0 Å². The molecular weight excluding hydrogens is 392 g/mol. The van der Waals surface area contributed by atoms with E-state index in [4.69, 9.17) is 18.9 Å². The van der Waals surface area contributed by atoms with Crippen LogP contribution in [0.25, 0.3) is 0 Å². The maximum atomic E-state index is 10.5. The van der Waals surface area contributed by atoms with Crippen LogP contribution in [0.2, 0.25) is 0 Å². The minimum absolute atomic E-state index is 0.302. The molecule has 1 aliphatic heterocycles. The zero-order chi connectivity index (χ0) is 21.3. The molecule has 162 valence electrons. The maximum Gasteiger partial charge on any atom is 0.184 e. The second-order valence-corrected chi connectivity index (χ2v) is 7.59. The quantitative estimate of drug-likeness (QED) is 0.535. The Morgan fingerprint density at radius 1 is 0.613 bits per heavy atom. The van der Waals surface area contributed by atoms with Crippen LogP contribution in [0.15, 0.2) is 91.0 Å². The van der Waals surface area contributed by atoms with Crippen LogP contribution in [-0.4, -0.2) is 36.3 Å². The lowest BCUT2D eigenvalue weighted by Gasteiger charge is -2.24. The van der Waals surface area contributed by atoms with Crippen molar-refractivity contribution in [3.8, 4) is 0 Å². The first-order valence-electron chi connectivity index (χ1n) is 10.6. The van der Waals surface area contributed by atoms with Crippen LogP contribution in [0.5, 0.6) is 0 Å². The summed E-state index contributed by atoms with van der Waals surface area (Å²) in [4.78, 5) is 0. The molecule has 1 N–H and O–H groups in total. The van der Waals surface area contributed by atoms with Crippen molar-refractivity contribution in [2.45, 2.75) is 44.4 Å². The zero-order valence-electron chi connectivity index (χ0n) is 17.4. The Hall–Kier alpha value is -2.54. The van der Waals surface area contributed by atoms with Gasteiger partial charge >= 0.3 is 0 Å². The Labute approximate surface area is 183 Å². The van der Waals surface area contributed by atoms with E-state index < -0.39 is 24.6 Å². The van der Waals surface area contributed by atoms with E-state index in [0.29, 0.717) is 26.4 Å². The van der Waals surface area contributed by atoms with Gasteiger partial charge < -0.3 is 24.1 Å². The fourth-order valence-electron chi connectivity index (χ4n) is 3.62. The third-order valence-electron chi connectivity index (χ3n) is 5.25. The van der Waals surface area contributed by atoms with Crippen LogP contribution in [-0.2, 0) is 38.8 Å². The summed E-state index contributed by atoms with van der Waals surface area (Å²) in [5, 5.41) is 10.5. The molecule has 0 aliphatic carbocycles. The number of rotatable bonds is 10. The summed E-state index contributed by atoms with van der Waals surface area (Å²) in [6, 6.07) is 29.8. The fourth-order valence-corrected chi connectivity index (χ4v) is 3.62. The van der Waals surface area contributed by atoms with E-state index in [-0.39, 0.29) is 0 Å². The SMILES string of the molecule is O[C@@H]1O[C@H](COCc2ccccc2)C(OCc2ccccc2)[C@@H]1OCc1ccccc1. The van der Waals surface area contributed by atoms with Crippen molar-refractivity contribution in [1.29, 1.82) is 0 Å². The van der Waals surface area contributed by atoms with Crippen LogP contribution in [0, 0.1) is 0 Å². The Bertz CT molecular complexity index is 887. The van der Waals surface area contributed by atoms with Crippen LogP contribution in [0.1, 0.15) is 16.7 Å². The van der Waals surface area contributed by atoms with E-state index in [2.05, 4.69) is 0 Å². The fraction of sp³-hybridized carbons (Fsp3) is 0.308. The third-order valence-corrected chi connectivity index (χ3v) is 5.25. The van der Waals surface area contributed by atoms with Crippen molar-refractivity contribution in [1.82, 2.24) is 0 Å². The predicted octanol–water partition coefficient (Wildman–Crippen LogP) is 4.09. The number of benzene rings is 3. The number of hydrogen-bond acceptors (Lipinski definition) is 5. The van der Waals surface area contributed by atoms with Gasteiger partial charge in [-0.3, -0.25) is 0 Å².